The molecule has 1 atom stereocenters. The highest BCUT2D eigenvalue weighted by Gasteiger charge is 2.06. The molecule has 0 bridgehead atoms. The second-order valence-corrected chi connectivity index (χ2v) is 4.50. The lowest BCUT2D eigenvalue weighted by molar-refractivity contribution is 0.0586. The van der Waals surface area contributed by atoms with Gasteiger partial charge in [-0.15, -0.1) is 0 Å². The summed E-state index contributed by atoms with van der Waals surface area (Å²) in [5.74, 6) is 0. The highest BCUT2D eigenvalue weighted by molar-refractivity contribution is 7.07. The van der Waals surface area contributed by atoms with E-state index in [1.54, 1.807) is 18.4 Å². The number of aryl methyl sites for hydroxylation is 1. The van der Waals surface area contributed by atoms with Crippen molar-refractivity contribution < 1.29 is 9.47 Å². The summed E-state index contributed by atoms with van der Waals surface area (Å²) in [7, 11) is 3.67. The minimum Gasteiger partial charge on any atom is -0.382 e. The van der Waals surface area contributed by atoms with E-state index < -0.39 is 0 Å². The Kier molecular flexibility index (Phi) is 7.42. The van der Waals surface area contributed by atoms with E-state index in [0.717, 1.165) is 19.4 Å². The van der Waals surface area contributed by atoms with Crippen molar-refractivity contribution in [3.63, 3.8) is 0 Å². The molecule has 0 aliphatic rings. The first-order chi connectivity index (χ1) is 7.86. The Morgan fingerprint density at radius 3 is 2.94 bits per heavy atom. The van der Waals surface area contributed by atoms with Crippen molar-refractivity contribution in [1.82, 2.24) is 5.32 Å². The van der Waals surface area contributed by atoms with Gasteiger partial charge in [-0.2, -0.15) is 11.3 Å². The van der Waals surface area contributed by atoms with E-state index in [4.69, 9.17) is 9.47 Å². The fourth-order valence-electron chi connectivity index (χ4n) is 1.45. The molecule has 92 valence electrons. The molecule has 0 aliphatic heterocycles. The van der Waals surface area contributed by atoms with Gasteiger partial charge in [0.2, 0.25) is 0 Å². The summed E-state index contributed by atoms with van der Waals surface area (Å²) in [6, 6.07) is 2.61. The Hall–Kier alpha value is -0.420. The minimum absolute atomic E-state index is 0.428. The van der Waals surface area contributed by atoms with Crippen molar-refractivity contribution in [3.8, 4) is 0 Å². The van der Waals surface area contributed by atoms with Gasteiger partial charge >= 0.3 is 0 Å². The number of hydrogen-bond acceptors (Lipinski definition) is 4. The van der Waals surface area contributed by atoms with Crippen LogP contribution in [0.5, 0.6) is 0 Å². The molecule has 1 unspecified atom stereocenters. The van der Waals surface area contributed by atoms with E-state index in [9.17, 15) is 0 Å². The zero-order valence-electron chi connectivity index (χ0n) is 10.1. The van der Waals surface area contributed by atoms with Gasteiger partial charge < -0.3 is 14.8 Å². The van der Waals surface area contributed by atoms with Crippen molar-refractivity contribution in [2.75, 3.05) is 34.0 Å². The summed E-state index contributed by atoms with van der Waals surface area (Å²) in [5.41, 5.74) is 1.42. The van der Waals surface area contributed by atoms with Crippen molar-refractivity contribution >= 4 is 11.3 Å². The third kappa shape index (κ3) is 5.61. The number of hydrogen-bond donors (Lipinski definition) is 1. The molecule has 1 N–H and O–H groups in total. The molecule has 0 aromatic carbocycles. The summed E-state index contributed by atoms with van der Waals surface area (Å²) in [6.45, 7) is 2.10. The Balaban J connectivity index is 2.11. The van der Waals surface area contributed by atoms with Crippen LogP contribution in [0.4, 0.5) is 0 Å². The largest absolute Gasteiger partial charge is 0.382 e. The summed E-state index contributed by atoms with van der Waals surface area (Å²) < 4.78 is 10.4. The topological polar surface area (TPSA) is 30.5 Å². The predicted octanol–water partition coefficient (Wildman–Crippen LogP) is 1.93. The van der Waals surface area contributed by atoms with Gasteiger partial charge in [-0.1, -0.05) is 0 Å². The molecule has 0 fully saturated rings. The predicted molar refractivity (Wildman–Crippen MR) is 68.2 cm³/mol. The van der Waals surface area contributed by atoms with E-state index in [0.29, 0.717) is 19.3 Å². The van der Waals surface area contributed by atoms with E-state index in [1.807, 2.05) is 7.05 Å². The first-order valence-corrected chi connectivity index (χ1v) is 6.56. The molecule has 4 heteroatoms. The number of methoxy groups -OCH3 is 1. The zero-order chi connectivity index (χ0) is 11.6. The number of likely N-dealkylation sites (N-methyl/N-ethyl adjacent to an activating group) is 1. The second-order valence-electron chi connectivity index (χ2n) is 3.72. The molecule has 0 saturated heterocycles. The molecule has 16 heavy (non-hydrogen) atoms. The Labute approximate surface area is 102 Å². The van der Waals surface area contributed by atoms with Crippen LogP contribution >= 0.6 is 11.3 Å². The lowest BCUT2D eigenvalue weighted by atomic mass is 10.1. The average molecular weight is 243 g/mol. The Morgan fingerprint density at radius 1 is 1.44 bits per heavy atom. The lowest BCUT2D eigenvalue weighted by Crippen LogP contribution is -2.31. The monoisotopic (exact) mass is 243 g/mol. The van der Waals surface area contributed by atoms with Crippen LogP contribution < -0.4 is 5.32 Å². The van der Waals surface area contributed by atoms with Crippen LogP contribution in [-0.2, 0) is 15.9 Å². The van der Waals surface area contributed by atoms with Gasteiger partial charge in [-0.25, -0.2) is 0 Å². The van der Waals surface area contributed by atoms with Crippen molar-refractivity contribution in [1.29, 1.82) is 0 Å². The van der Waals surface area contributed by atoms with E-state index >= 15 is 0 Å². The standard InChI is InChI=1S/C12H21NO2S/c1-13-12(9-15-7-6-14-2)4-3-11-5-8-16-10-11/h5,8,10,12-13H,3-4,6-7,9H2,1-2H3. The number of nitrogens with one attached hydrogen (secondary N) is 1. The molecule has 0 saturated carbocycles. The van der Waals surface area contributed by atoms with E-state index in [2.05, 4.69) is 22.1 Å². The molecule has 1 aromatic rings. The van der Waals surface area contributed by atoms with E-state index in [-0.39, 0.29) is 0 Å². The van der Waals surface area contributed by atoms with Crippen LogP contribution in [0.1, 0.15) is 12.0 Å². The number of ether oxygens (including phenoxy) is 2. The van der Waals surface area contributed by atoms with Crippen LogP contribution in [0.2, 0.25) is 0 Å². The second kappa shape index (κ2) is 8.70. The third-order valence-electron chi connectivity index (χ3n) is 2.52. The molecule has 0 aliphatic carbocycles. The fraction of sp³-hybridized carbons (Fsp3) is 0.667. The van der Waals surface area contributed by atoms with E-state index in [1.165, 1.54) is 5.56 Å². The Morgan fingerprint density at radius 2 is 2.31 bits per heavy atom. The number of thiophene rings is 1. The molecule has 3 nitrogen and oxygen atoms in total. The lowest BCUT2D eigenvalue weighted by Gasteiger charge is -2.15. The van der Waals surface area contributed by atoms with Gasteiger partial charge in [0.25, 0.3) is 0 Å². The molecular weight excluding hydrogens is 222 g/mol. The van der Waals surface area contributed by atoms with Gasteiger partial charge in [-0.05, 0) is 42.3 Å². The average Bonchev–Trinajstić information content (AvgIpc) is 2.81. The van der Waals surface area contributed by atoms with Crippen molar-refractivity contribution in [2.45, 2.75) is 18.9 Å². The summed E-state index contributed by atoms with van der Waals surface area (Å²) in [5, 5.41) is 7.61. The third-order valence-corrected chi connectivity index (χ3v) is 3.25. The highest BCUT2D eigenvalue weighted by atomic mass is 32.1. The Bertz CT molecular complexity index is 252. The van der Waals surface area contributed by atoms with Crippen LogP contribution in [0.25, 0.3) is 0 Å². The van der Waals surface area contributed by atoms with Gasteiger partial charge in [0, 0.05) is 13.2 Å². The molecule has 1 heterocycles. The van der Waals surface area contributed by atoms with Crippen molar-refractivity contribution in [3.05, 3.63) is 22.4 Å². The molecule has 0 radical (unpaired) electrons. The van der Waals surface area contributed by atoms with Crippen molar-refractivity contribution in [2.24, 2.45) is 0 Å². The maximum absolute atomic E-state index is 5.51. The zero-order valence-corrected chi connectivity index (χ0v) is 10.9. The van der Waals surface area contributed by atoms with Gasteiger partial charge in [0.1, 0.15) is 0 Å². The van der Waals surface area contributed by atoms with Gasteiger partial charge in [0.05, 0.1) is 19.8 Å². The van der Waals surface area contributed by atoms with Crippen LogP contribution in [0, 0.1) is 0 Å². The SMILES string of the molecule is CNC(CCc1ccsc1)COCCOC. The minimum atomic E-state index is 0.428. The van der Waals surface area contributed by atoms with Crippen LogP contribution in [0.3, 0.4) is 0 Å². The first kappa shape index (κ1) is 13.6. The smallest absolute Gasteiger partial charge is 0.0701 e. The van der Waals surface area contributed by atoms with Gasteiger partial charge in [0.15, 0.2) is 0 Å². The normalized spacial score (nSPS) is 12.9. The number of rotatable bonds is 9. The molecule has 1 rings (SSSR count). The summed E-state index contributed by atoms with van der Waals surface area (Å²) >= 11 is 1.76. The maximum atomic E-state index is 5.51. The summed E-state index contributed by atoms with van der Waals surface area (Å²) in [4.78, 5) is 0. The first-order valence-electron chi connectivity index (χ1n) is 5.62. The molecule has 0 spiro atoms. The highest BCUT2D eigenvalue weighted by Crippen LogP contribution is 2.09. The quantitative estimate of drug-likeness (QED) is 0.672. The fourth-order valence-corrected chi connectivity index (χ4v) is 2.16. The molecular formula is C12H21NO2S. The maximum Gasteiger partial charge on any atom is 0.0701 e. The molecule has 1 aromatic heterocycles. The van der Waals surface area contributed by atoms with Gasteiger partial charge in [-0.3, -0.25) is 0 Å². The van der Waals surface area contributed by atoms with Crippen LogP contribution in [-0.4, -0.2) is 40.0 Å². The summed E-state index contributed by atoms with van der Waals surface area (Å²) in [6.07, 6.45) is 2.23. The van der Waals surface area contributed by atoms with Crippen LogP contribution in [0.15, 0.2) is 16.8 Å². The molecule has 0 amide bonds.